The van der Waals surface area contributed by atoms with Gasteiger partial charge in [0.15, 0.2) is 0 Å². The molecule has 4 rings (SSSR count). The number of hydrogen-bond donors (Lipinski definition) is 1. The summed E-state index contributed by atoms with van der Waals surface area (Å²) in [6, 6.07) is 0. The van der Waals surface area contributed by atoms with Gasteiger partial charge in [-0.05, 0) is 39.2 Å². The Morgan fingerprint density at radius 3 is 2.81 bits per heavy atom. The first-order valence-corrected chi connectivity index (χ1v) is 9.59. The van der Waals surface area contributed by atoms with Gasteiger partial charge in [-0.25, -0.2) is 9.97 Å². The highest BCUT2D eigenvalue weighted by atomic mass is 16.5. The van der Waals surface area contributed by atoms with Crippen LogP contribution in [0.1, 0.15) is 48.3 Å². The highest BCUT2D eigenvalue weighted by molar-refractivity contribution is 5.26. The fourth-order valence-electron chi connectivity index (χ4n) is 3.73. The summed E-state index contributed by atoms with van der Waals surface area (Å²) in [7, 11) is 2.09. The van der Waals surface area contributed by atoms with E-state index in [0.717, 1.165) is 68.9 Å². The number of fused-ring (bicyclic) bond motifs is 1. The van der Waals surface area contributed by atoms with Gasteiger partial charge < -0.3 is 14.6 Å². The molecular formula is C19H27N5O2. The normalized spacial score (nSPS) is 19.7. The Morgan fingerprint density at radius 1 is 1.15 bits per heavy atom. The number of hydrogen-bond acceptors (Lipinski definition) is 7. The molecule has 7 heteroatoms. The zero-order chi connectivity index (χ0) is 17.8. The molecule has 0 amide bonds. The first kappa shape index (κ1) is 17.4. The van der Waals surface area contributed by atoms with Gasteiger partial charge in [-0.2, -0.15) is 0 Å². The molecule has 1 N–H and O–H groups in total. The molecule has 0 saturated carbocycles. The third-order valence-corrected chi connectivity index (χ3v) is 5.12. The van der Waals surface area contributed by atoms with E-state index in [1.54, 1.807) is 0 Å². The first-order chi connectivity index (χ1) is 12.8. The average molecular weight is 357 g/mol. The fraction of sp³-hybridized carbons (Fsp3) is 0.632. The van der Waals surface area contributed by atoms with Gasteiger partial charge in [0.05, 0.1) is 6.10 Å². The van der Waals surface area contributed by atoms with E-state index in [4.69, 9.17) is 9.26 Å². The number of aryl methyl sites for hydroxylation is 1. The third-order valence-electron chi connectivity index (χ3n) is 5.12. The highest BCUT2D eigenvalue weighted by Crippen LogP contribution is 2.25. The Kier molecular flexibility index (Phi) is 5.45. The number of anilines is 1. The van der Waals surface area contributed by atoms with Crippen LogP contribution in [0.5, 0.6) is 0 Å². The Labute approximate surface area is 154 Å². The van der Waals surface area contributed by atoms with Crippen LogP contribution in [-0.2, 0) is 30.7 Å². The van der Waals surface area contributed by atoms with Gasteiger partial charge >= 0.3 is 0 Å². The Balaban J connectivity index is 1.28. The van der Waals surface area contributed by atoms with Crippen LogP contribution in [0.25, 0.3) is 0 Å². The quantitative estimate of drug-likeness (QED) is 0.816. The topological polar surface area (TPSA) is 76.3 Å². The Hall–Kier alpha value is -1.99. The molecule has 2 aromatic heterocycles. The zero-order valence-corrected chi connectivity index (χ0v) is 15.4. The predicted molar refractivity (Wildman–Crippen MR) is 97.8 cm³/mol. The van der Waals surface area contributed by atoms with Crippen LogP contribution in [0.4, 0.5) is 5.95 Å². The second-order valence-corrected chi connectivity index (χ2v) is 7.34. The molecule has 26 heavy (non-hydrogen) atoms. The van der Waals surface area contributed by atoms with Gasteiger partial charge in [0, 0.05) is 56.2 Å². The van der Waals surface area contributed by atoms with Crippen LogP contribution >= 0.6 is 0 Å². The van der Waals surface area contributed by atoms with E-state index in [9.17, 15) is 0 Å². The summed E-state index contributed by atoms with van der Waals surface area (Å²) >= 11 is 0. The van der Waals surface area contributed by atoms with Gasteiger partial charge in [0.25, 0.3) is 0 Å². The largest absolute Gasteiger partial charge is 0.376 e. The summed E-state index contributed by atoms with van der Waals surface area (Å²) in [6.45, 7) is 3.22. The van der Waals surface area contributed by atoms with Crippen molar-refractivity contribution in [3.05, 3.63) is 35.0 Å². The second-order valence-electron chi connectivity index (χ2n) is 7.34. The summed E-state index contributed by atoms with van der Waals surface area (Å²) < 4.78 is 11.1. The van der Waals surface area contributed by atoms with Crippen molar-refractivity contribution in [2.75, 3.05) is 25.5 Å². The fourth-order valence-corrected chi connectivity index (χ4v) is 3.73. The van der Waals surface area contributed by atoms with Crippen molar-refractivity contribution in [3.8, 4) is 0 Å². The van der Waals surface area contributed by atoms with Crippen molar-refractivity contribution in [1.29, 1.82) is 0 Å². The molecule has 1 aliphatic carbocycles. The van der Waals surface area contributed by atoms with Gasteiger partial charge in [0.1, 0.15) is 11.5 Å². The predicted octanol–water partition coefficient (Wildman–Crippen LogP) is 2.57. The third kappa shape index (κ3) is 4.22. The molecule has 1 saturated heterocycles. The number of rotatable bonds is 7. The van der Waals surface area contributed by atoms with Crippen molar-refractivity contribution >= 4 is 5.95 Å². The maximum Gasteiger partial charge on any atom is 0.222 e. The molecule has 2 aliphatic rings. The van der Waals surface area contributed by atoms with Crippen LogP contribution in [-0.4, -0.2) is 46.3 Å². The van der Waals surface area contributed by atoms with E-state index < -0.39 is 0 Å². The van der Waals surface area contributed by atoms with Crippen molar-refractivity contribution < 1.29 is 9.26 Å². The lowest BCUT2D eigenvalue weighted by atomic mass is 9.96. The standard InChI is InChI=1S/C19H27N5O2/c1-24(13-17-16-6-2-3-7-18(16)26-23-17)12-14-9-20-19(21-10-14)22-11-15-5-4-8-25-15/h9-10,15H,2-8,11-13H2,1H3,(H,20,21,22)/t15-/m1/s1. The highest BCUT2D eigenvalue weighted by Gasteiger charge is 2.20. The number of nitrogens with one attached hydrogen (secondary N) is 1. The lowest BCUT2D eigenvalue weighted by Gasteiger charge is -2.17. The molecule has 0 bridgehead atoms. The van der Waals surface area contributed by atoms with E-state index in [1.807, 2.05) is 12.4 Å². The number of ether oxygens (including phenoxy) is 1. The summed E-state index contributed by atoms with van der Waals surface area (Å²) in [5.74, 6) is 1.75. The van der Waals surface area contributed by atoms with E-state index in [-0.39, 0.29) is 6.10 Å². The molecule has 140 valence electrons. The molecule has 1 aliphatic heterocycles. The molecule has 0 unspecified atom stereocenters. The SMILES string of the molecule is CN(Cc1cnc(NC[C@H]2CCCO2)nc1)Cc1noc2c1CCCC2. The van der Waals surface area contributed by atoms with E-state index >= 15 is 0 Å². The van der Waals surface area contributed by atoms with Crippen LogP contribution < -0.4 is 5.32 Å². The summed E-state index contributed by atoms with van der Waals surface area (Å²) in [5, 5.41) is 7.54. The van der Waals surface area contributed by atoms with Crippen molar-refractivity contribution in [3.63, 3.8) is 0 Å². The minimum Gasteiger partial charge on any atom is -0.376 e. The molecule has 0 aromatic carbocycles. The van der Waals surface area contributed by atoms with E-state index in [0.29, 0.717) is 5.95 Å². The van der Waals surface area contributed by atoms with Crippen molar-refractivity contribution in [1.82, 2.24) is 20.0 Å². The summed E-state index contributed by atoms with van der Waals surface area (Å²) in [5.41, 5.74) is 3.50. The smallest absolute Gasteiger partial charge is 0.222 e. The van der Waals surface area contributed by atoms with Crippen LogP contribution in [0.15, 0.2) is 16.9 Å². The monoisotopic (exact) mass is 357 g/mol. The van der Waals surface area contributed by atoms with Gasteiger partial charge in [-0.15, -0.1) is 0 Å². The summed E-state index contributed by atoms with van der Waals surface area (Å²) in [6.07, 6.45) is 10.9. The minimum absolute atomic E-state index is 0.290. The minimum atomic E-state index is 0.290. The molecule has 0 radical (unpaired) electrons. The first-order valence-electron chi connectivity index (χ1n) is 9.59. The molecule has 1 atom stereocenters. The van der Waals surface area contributed by atoms with Gasteiger partial charge in [-0.1, -0.05) is 5.16 Å². The molecule has 1 fully saturated rings. The lowest BCUT2D eigenvalue weighted by Crippen LogP contribution is -2.20. The number of nitrogens with zero attached hydrogens (tertiary/aromatic N) is 4. The Bertz CT molecular complexity index is 709. The maximum absolute atomic E-state index is 5.60. The molecule has 2 aromatic rings. The molecular weight excluding hydrogens is 330 g/mol. The average Bonchev–Trinajstić information content (AvgIpc) is 3.32. The van der Waals surface area contributed by atoms with Crippen molar-refractivity contribution in [2.45, 2.75) is 57.7 Å². The van der Waals surface area contributed by atoms with E-state index in [1.165, 1.54) is 18.4 Å². The molecule has 0 spiro atoms. The lowest BCUT2D eigenvalue weighted by molar-refractivity contribution is 0.120. The van der Waals surface area contributed by atoms with Crippen molar-refractivity contribution in [2.24, 2.45) is 0 Å². The van der Waals surface area contributed by atoms with Gasteiger partial charge in [0.2, 0.25) is 5.95 Å². The molecule has 3 heterocycles. The maximum atomic E-state index is 5.60. The Morgan fingerprint density at radius 2 is 2.00 bits per heavy atom. The molecule has 7 nitrogen and oxygen atoms in total. The van der Waals surface area contributed by atoms with Crippen LogP contribution in [0, 0.1) is 0 Å². The second kappa shape index (κ2) is 8.14. The van der Waals surface area contributed by atoms with E-state index in [2.05, 4.69) is 32.4 Å². The van der Waals surface area contributed by atoms with Crippen LogP contribution in [0.3, 0.4) is 0 Å². The van der Waals surface area contributed by atoms with Gasteiger partial charge in [-0.3, -0.25) is 4.90 Å². The summed E-state index contributed by atoms with van der Waals surface area (Å²) in [4.78, 5) is 11.1. The zero-order valence-electron chi connectivity index (χ0n) is 15.4. The van der Waals surface area contributed by atoms with Crippen LogP contribution in [0.2, 0.25) is 0 Å². The number of aromatic nitrogens is 3.